The van der Waals surface area contributed by atoms with Gasteiger partial charge in [-0.15, -0.1) is 0 Å². The fourth-order valence-corrected chi connectivity index (χ4v) is 2.07. The van der Waals surface area contributed by atoms with Crippen molar-refractivity contribution in [2.75, 3.05) is 30.3 Å². The highest BCUT2D eigenvalue weighted by atomic mass is 16.5. The minimum absolute atomic E-state index is 0.340. The zero-order chi connectivity index (χ0) is 12.8. The lowest BCUT2D eigenvalue weighted by atomic mass is 10.0. The molecule has 0 amide bonds. The first-order chi connectivity index (χ1) is 8.79. The molecule has 1 fully saturated rings. The Kier molecular flexibility index (Phi) is 4.75. The third-order valence-corrected chi connectivity index (χ3v) is 3.27. The first-order valence-corrected chi connectivity index (χ1v) is 6.71. The molecule has 5 heteroatoms. The average molecular weight is 250 g/mol. The van der Waals surface area contributed by atoms with Crippen molar-refractivity contribution in [2.24, 2.45) is 5.92 Å². The van der Waals surface area contributed by atoms with E-state index in [0.717, 1.165) is 44.2 Å². The second-order valence-corrected chi connectivity index (χ2v) is 4.72. The molecule has 100 valence electrons. The second kappa shape index (κ2) is 6.54. The second-order valence-electron chi connectivity index (χ2n) is 4.72. The molecule has 2 rings (SSSR count). The molecule has 1 aliphatic rings. The quantitative estimate of drug-likeness (QED) is 0.810. The van der Waals surface area contributed by atoms with Gasteiger partial charge in [-0.3, -0.25) is 4.98 Å². The van der Waals surface area contributed by atoms with E-state index in [9.17, 15) is 0 Å². The molecule has 0 saturated carbocycles. The molecule has 2 N–H and O–H groups in total. The number of rotatable bonds is 6. The highest BCUT2D eigenvalue weighted by molar-refractivity contribution is 5.41. The molecule has 0 bridgehead atoms. The van der Waals surface area contributed by atoms with Crippen molar-refractivity contribution < 1.29 is 4.74 Å². The van der Waals surface area contributed by atoms with Crippen LogP contribution >= 0.6 is 0 Å². The Hall–Kier alpha value is -1.36. The largest absolute Gasteiger partial charge is 0.378 e. The van der Waals surface area contributed by atoms with Crippen molar-refractivity contribution in [1.82, 2.24) is 9.97 Å². The molecule has 0 aliphatic carbocycles. The van der Waals surface area contributed by atoms with E-state index in [1.54, 1.807) is 12.4 Å². The van der Waals surface area contributed by atoms with Crippen LogP contribution in [-0.4, -0.2) is 35.8 Å². The fourth-order valence-electron chi connectivity index (χ4n) is 2.07. The average Bonchev–Trinajstić information content (AvgIpc) is 2.80. The Labute approximate surface area is 108 Å². The molecular weight excluding hydrogens is 228 g/mol. The van der Waals surface area contributed by atoms with Crippen LogP contribution in [0.4, 0.5) is 11.6 Å². The van der Waals surface area contributed by atoms with Crippen LogP contribution in [-0.2, 0) is 4.74 Å². The Bertz CT molecular complexity index is 372. The number of anilines is 2. The summed E-state index contributed by atoms with van der Waals surface area (Å²) in [4.78, 5) is 8.65. The molecule has 0 aromatic carbocycles. The summed E-state index contributed by atoms with van der Waals surface area (Å²) < 4.78 is 5.54. The van der Waals surface area contributed by atoms with E-state index in [2.05, 4.69) is 34.4 Å². The van der Waals surface area contributed by atoms with E-state index in [-0.39, 0.29) is 0 Å². The summed E-state index contributed by atoms with van der Waals surface area (Å²) in [5.41, 5.74) is 0. The normalized spacial score (nSPS) is 23.0. The molecule has 2 heterocycles. The number of hydrogen-bond acceptors (Lipinski definition) is 5. The maximum absolute atomic E-state index is 5.54. The molecule has 2 unspecified atom stereocenters. The van der Waals surface area contributed by atoms with Gasteiger partial charge in [0, 0.05) is 25.6 Å². The molecule has 1 aromatic rings. The first-order valence-electron chi connectivity index (χ1n) is 6.71. The van der Waals surface area contributed by atoms with Gasteiger partial charge in [0.2, 0.25) is 0 Å². The fraction of sp³-hybridized carbons (Fsp3) is 0.692. The Balaban J connectivity index is 1.84. The van der Waals surface area contributed by atoms with E-state index in [1.807, 2.05) is 0 Å². The number of nitrogens with one attached hydrogen (secondary N) is 2. The van der Waals surface area contributed by atoms with Crippen LogP contribution in [0.1, 0.15) is 26.7 Å². The van der Waals surface area contributed by atoms with Gasteiger partial charge < -0.3 is 15.4 Å². The van der Waals surface area contributed by atoms with Crippen molar-refractivity contribution in [1.29, 1.82) is 0 Å². The van der Waals surface area contributed by atoms with Gasteiger partial charge >= 0.3 is 0 Å². The molecule has 1 saturated heterocycles. The standard InChI is InChI=1S/C13H22N4O/c1-3-5-15-12-8-14-9-13(17-12)16-7-11-4-6-18-10(11)2/h8-11H,3-7H2,1-2H3,(H2,15,16,17). The first kappa shape index (κ1) is 13.1. The monoisotopic (exact) mass is 250 g/mol. The van der Waals surface area contributed by atoms with Gasteiger partial charge in [-0.05, 0) is 19.8 Å². The van der Waals surface area contributed by atoms with Gasteiger partial charge in [0.1, 0.15) is 11.6 Å². The Morgan fingerprint density at radius 1 is 1.33 bits per heavy atom. The summed E-state index contributed by atoms with van der Waals surface area (Å²) in [6.45, 7) is 6.95. The lowest BCUT2D eigenvalue weighted by Gasteiger charge is -2.15. The third kappa shape index (κ3) is 3.57. The van der Waals surface area contributed by atoms with Crippen molar-refractivity contribution in [3.8, 4) is 0 Å². The number of nitrogens with zero attached hydrogens (tertiary/aromatic N) is 2. The SMILES string of the molecule is CCCNc1cncc(NCC2CCOC2C)n1. The van der Waals surface area contributed by atoms with Crippen molar-refractivity contribution in [2.45, 2.75) is 32.8 Å². The van der Waals surface area contributed by atoms with E-state index >= 15 is 0 Å². The molecule has 18 heavy (non-hydrogen) atoms. The topological polar surface area (TPSA) is 59.1 Å². The Morgan fingerprint density at radius 2 is 2.11 bits per heavy atom. The Morgan fingerprint density at radius 3 is 2.78 bits per heavy atom. The van der Waals surface area contributed by atoms with Gasteiger partial charge in [-0.1, -0.05) is 6.92 Å². The predicted molar refractivity (Wildman–Crippen MR) is 72.8 cm³/mol. The van der Waals surface area contributed by atoms with E-state index in [0.29, 0.717) is 12.0 Å². The van der Waals surface area contributed by atoms with E-state index in [1.165, 1.54) is 0 Å². The molecule has 5 nitrogen and oxygen atoms in total. The van der Waals surface area contributed by atoms with Crippen LogP contribution in [0.25, 0.3) is 0 Å². The van der Waals surface area contributed by atoms with Crippen molar-refractivity contribution in [3.63, 3.8) is 0 Å². The van der Waals surface area contributed by atoms with Gasteiger partial charge in [0.15, 0.2) is 0 Å². The van der Waals surface area contributed by atoms with Gasteiger partial charge in [0.25, 0.3) is 0 Å². The minimum Gasteiger partial charge on any atom is -0.378 e. The highest BCUT2D eigenvalue weighted by Crippen LogP contribution is 2.20. The summed E-state index contributed by atoms with van der Waals surface area (Å²) >= 11 is 0. The van der Waals surface area contributed by atoms with Crippen LogP contribution in [0, 0.1) is 5.92 Å². The molecular formula is C13H22N4O. The van der Waals surface area contributed by atoms with Gasteiger partial charge in [-0.2, -0.15) is 0 Å². The maximum atomic E-state index is 5.54. The molecule has 0 spiro atoms. The molecule has 1 aromatic heterocycles. The van der Waals surface area contributed by atoms with Crippen LogP contribution in [0.3, 0.4) is 0 Å². The molecule has 0 radical (unpaired) electrons. The molecule has 1 aliphatic heterocycles. The summed E-state index contributed by atoms with van der Waals surface area (Å²) in [7, 11) is 0. The van der Waals surface area contributed by atoms with E-state index < -0.39 is 0 Å². The van der Waals surface area contributed by atoms with Crippen LogP contribution in [0.5, 0.6) is 0 Å². The smallest absolute Gasteiger partial charge is 0.146 e. The summed E-state index contributed by atoms with van der Waals surface area (Å²) in [5, 5.41) is 6.57. The highest BCUT2D eigenvalue weighted by Gasteiger charge is 2.23. The van der Waals surface area contributed by atoms with Gasteiger partial charge in [0.05, 0.1) is 18.5 Å². The maximum Gasteiger partial charge on any atom is 0.146 e. The van der Waals surface area contributed by atoms with Crippen LogP contribution < -0.4 is 10.6 Å². The minimum atomic E-state index is 0.340. The van der Waals surface area contributed by atoms with Crippen molar-refractivity contribution in [3.05, 3.63) is 12.4 Å². The van der Waals surface area contributed by atoms with Crippen molar-refractivity contribution >= 4 is 11.6 Å². The number of ether oxygens (including phenoxy) is 1. The number of aromatic nitrogens is 2. The van der Waals surface area contributed by atoms with Crippen LogP contribution in [0.2, 0.25) is 0 Å². The number of hydrogen-bond donors (Lipinski definition) is 2. The third-order valence-electron chi connectivity index (χ3n) is 3.27. The summed E-state index contributed by atoms with van der Waals surface area (Å²) in [6, 6.07) is 0. The predicted octanol–water partition coefficient (Wildman–Crippen LogP) is 2.14. The lowest BCUT2D eigenvalue weighted by Crippen LogP contribution is -2.21. The molecule has 2 atom stereocenters. The summed E-state index contributed by atoms with van der Waals surface area (Å²) in [6.07, 6.45) is 6.05. The van der Waals surface area contributed by atoms with Crippen LogP contribution in [0.15, 0.2) is 12.4 Å². The van der Waals surface area contributed by atoms with Gasteiger partial charge in [-0.25, -0.2) is 4.98 Å². The van der Waals surface area contributed by atoms with E-state index in [4.69, 9.17) is 4.74 Å². The zero-order valence-electron chi connectivity index (χ0n) is 11.1. The zero-order valence-corrected chi connectivity index (χ0v) is 11.1. The lowest BCUT2D eigenvalue weighted by molar-refractivity contribution is 0.108. The summed E-state index contributed by atoms with van der Waals surface area (Å²) in [5.74, 6) is 2.23.